The van der Waals surface area contributed by atoms with E-state index in [4.69, 9.17) is 0 Å². The lowest BCUT2D eigenvalue weighted by Gasteiger charge is -2.26. The molecular weight excluding hydrogens is 274 g/mol. The van der Waals surface area contributed by atoms with E-state index < -0.39 is 10.0 Å². The Labute approximate surface area is 120 Å². The van der Waals surface area contributed by atoms with Crippen LogP contribution in [0.5, 0.6) is 5.75 Å². The van der Waals surface area contributed by atoms with Crippen molar-refractivity contribution in [3.63, 3.8) is 0 Å². The molecular formula is C15H21NO3S. The van der Waals surface area contributed by atoms with Crippen molar-refractivity contribution < 1.29 is 13.5 Å². The minimum absolute atomic E-state index is 0.0144. The predicted octanol–water partition coefficient (Wildman–Crippen LogP) is 2.45. The van der Waals surface area contributed by atoms with Crippen molar-refractivity contribution >= 4 is 10.0 Å². The van der Waals surface area contributed by atoms with Crippen LogP contribution in [0.25, 0.3) is 0 Å². The van der Waals surface area contributed by atoms with Crippen LogP contribution >= 0.6 is 0 Å². The molecule has 2 fully saturated rings. The van der Waals surface area contributed by atoms with E-state index in [0.717, 1.165) is 5.92 Å². The summed E-state index contributed by atoms with van der Waals surface area (Å²) in [6, 6.07) is 5.89. The molecule has 0 heterocycles. The zero-order chi connectivity index (χ0) is 14.3. The largest absolute Gasteiger partial charge is 0.508 e. The third-order valence-corrected chi connectivity index (χ3v) is 6.72. The van der Waals surface area contributed by atoms with Gasteiger partial charge in [0.2, 0.25) is 10.0 Å². The standard InChI is InChI=1S/C15H21NO3S/c1-16(10-13-8-11-5-6-12(13)7-11)20(18,19)15-4-2-3-14(17)9-15/h2-4,9,11-13,17H,5-8,10H2,1H3. The molecule has 5 heteroatoms. The number of hydrogen-bond acceptors (Lipinski definition) is 3. The van der Waals surface area contributed by atoms with Crippen LogP contribution in [0.2, 0.25) is 0 Å². The summed E-state index contributed by atoms with van der Waals surface area (Å²) in [6.07, 6.45) is 5.04. The smallest absolute Gasteiger partial charge is 0.242 e. The van der Waals surface area contributed by atoms with Crippen LogP contribution in [-0.4, -0.2) is 31.4 Å². The van der Waals surface area contributed by atoms with Crippen molar-refractivity contribution in [3.05, 3.63) is 24.3 Å². The van der Waals surface area contributed by atoms with Crippen LogP contribution in [0, 0.1) is 17.8 Å². The van der Waals surface area contributed by atoms with Gasteiger partial charge in [0.15, 0.2) is 0 Å². The number of fused-ring (bicyclic) bond motifs is 2. The monoisotopic (exact) mass is 295 g/mol. The summed E-state index contributed by atoms with van der Waals surface area (Å²) in [5.41, 5.74) is 0. The van der Waals surface area contributed by atoms with E-state index in [1.54, 1.807) is 13.1 Å². The summed E-state index contributed by atoms with van der Waals surface area (Å²) in [5.74, 6) is 2.02. The molecule has 2 aliphatic carbocycles. The van der Waals surface area contributed by atoms with Crippen LogP contribution in [0.1, 0.15) is 25.7 Å². The number of phenols is 1. The number of aromatic hydroxyl groups is 1. The molecule has 2 aliphatic rings. The van der Waals surface area contributed by atoms with E-state index in [1.807, 2.05) is 0 Å². The molecule has 0 aliphatic heterocycles. The fourth-order valence-corrected chi connectivity index (χ4v) is 5.12. The molecule has 2 bridgehead atoms. The number of sulfonamides is 1. The fourth-order valence-electron chi connectivity index (χ4n) is 3.85. The van der Waals surface area contributed by atoms with Crippen molar-refractivity contribution in [3.8, 4) is 5.75 Å². The Morgan fingerprint density at radius 2 is 2.10 bits per heavy atom. The van der Waals surface area contributed by atoms with Gasteiger partial charge in [-0.25, -0.2) is 12.7 Å². The van der Waals surface area contributed by atoms with Crippen LogP contribution in [0.15, 0.2) is 29.2 Å². The summed E-state index contributed by atoms with van der Waals surface area (Å²) in [4.78, 5) is 0.170. The van der Waals surface area contributed by atoms with E-state index in [9.17, 15) is 13.5 Å². The highest BCUT2D eigenvalue weighted by molar-refractivity contribution is 7.89. The summed E-state index contributed by atoms with van der Waals surface area (Å²) in [7, 11) is -1.85. The lowest BCUT2D eigenvalue weighted by atomic mass is 9.89. The van der Waals surface area contributed by atoms with Gasteiger partial charge in [0.25, 0.3) is 0 Å². The SMILES string of the molecule is CN(CC1CC2CCC1C2)S(=O)(=O)c1cccc(O)c1. The molecule has 110 valence electrons. The Balaban J connectivity index is 1.74. The molecule has 1 aromatic carbocycles. The Morgan fingerprint density at radius 1 is 1.30 bits per heavy atom. The lowest BCUT2D eigenvalue weighted by Crippen LogP contribution is -2.33. The lowest BCUT2D eigenvalue weighted by molar-refractivity contribution is 0.280. The second-order valence-corrected chi connectivity index (χ2v) is 8.26. The van der Waals surface area contributed by atoms with Gasteiger partial charge in [-0.05, 0) is 55.2 Å². The van der Waals surface area contributed by atoms with Crippen LogP contribution in [-0.2, 0) is 10.0 Å². The highest BCUT2D eigenvalue weighted by Gasteiger charge is 2.40. The van der Waals surface area contributed by atoms with E-state index in [1.165, 1.54) is 48.2 Å². The first kappa shape index (κ1) is 13.9. The van der Waals surface area contributed by atoms with E-state index >= 15 is 0 Å². The molecule has 3 atom stereocenters. The molecule has 0 amide bonds. The zero-order valence-corrected chi connectivity index (χ0v) is 12.5. The molecule has 0 aromatic heterocycles. The number of rotatable bonds is 4. The van der Waals surface area contributed by atoms with Crippen LogP contribution in [0.3, 0.4) is 0 Å². The number of nitrogens with zero attached hydrogens (tertiary/aromatic N) is 1. The normalized spacial score (nSPS) is 29.2. The molecule has 0 spiro atoms. The van der Waals surface area contributed by atoms with Gasteiger partial charge in [0.1, 0.15) is 5.75 Å². The average Bonchev–Trinajstić information content (AvgIpc) is 3.01. The quantitative estimate of drug-likeness (QED) is 0.928. The average molecular weight is 295 g/mol. The van der Waals surface area contributed by atoms with Gasteiger partial charge in [-0.15, -0.1) is 0 Å². The highest BCUT2D eigenvalue weighted by atomic mass is 32.2. The maximum absolute atomic E-state index is 12.5. The van der Waals surface area contributed by atoms with Crippen LogP contribution < -0.4 is 0 Å². The molecule has 20 heavy (non-hydrogen) atoms. The summed E-state index contributed by atoms with van der Waals surface area (Å²) >= 11 is 0. The van der Waals surface area contributed by atoms with Crippen molar-refractivity contribution in [2.24, 2.45) is 17.8 Å². The topological polar surface area (TPSA) is 57.6 Å². The molecule has 1 aromatic rings. The van der Waals surface area contributed by atoms with E-state index in [-0.39, 0.29) is 10.6 Å². The molecule has 4 nitrogen and oxygen atoms in total. The number of hydrogen-bond donors (Lipinski definition) is 1. The number of benzene rings is 1. The van der Waals surface area contributed by atoms with Crippen molar-refractivity contribution in [1.29, 1.82) is 0 Å². The molecule has 1 N–H and O–H groups in total. The summed E-state index contributed by atoms with van der Waals surface area (Å²) < 4.78 is 26.4. The molecule has 2 saturated carbocycles. The Bertz CT molecular complexity index is 599. The Hall–Kier alpha value is -1.07. The van der Waals surface area contributed by atoms with Crippen molar-refractivity contribution in [2.75, 3.05) is 13.6 Å². The second kappa shape index (κ2) is 5.04. The van der Waals surface area contributed by atoms with E-state index in [0.29, 0.717) is 18.4 Å². The molecule has 3 rings (SSSR count). The predicted molar refractivity (Wildman–Crippen MR) is 76.9 cm³/mol. The minimum atomic E-state index is -3.49. The third-order valence-electron chi connectivity index (χ3n) is 4.90. The van der Waals surface area contributed by atoms with Crippen molar-refractivity contribution in [1.82, 2.24) is 4.31 Å². The minimum Gasteiger partial charge on any atom is -0.508 e. The van der Waals surface area contributed by atoms with Gasteiger partial charge in [0.05, 0.1) is 4.90 Å². The molecule has 3 unspecified atom stereocenters. The van der Waals surface area contributed by atoms with Crippen molar-refractivity contribution in [2.45, 2.75) is 30.6 Å². The molecule has 0 saturated heterocycles. The fraction of sp³-hybridized carbons (Fsp3) is 0.600. The zero-order valence-electron chi connectivity index (χ0n) is 11.7. The van der Waals surface area contributed by atoms with E-state index in [2.05, 4.69) is 0 Å². The summed E-state index contributed by atoms with van der Waals surface area (Å²) in [5, 5.41) is 9.45. The second-order valence-electron chi connectivity index (χ2n) is 6.22. The Kier molecular flexibility index (Phi) is 3.50. The van der Waals surface area contributed by atoms with Gasteiger partial charge < -0.3 is 5.11 Å². The maximum Gasteiger partial charge on any atom is 0.242 e. The highest BCUT2D eigenvalue weighted by Crippen LogP contribution is 2.48. The van der Waals surface area contributed by atoms with Gasteiger partial charge in [0, 0.05) is 13.6 Å². The van der Waals surface area contributed by atoms with Gasteiger partial charge in [-0.1, -0.05) is 12.5 Å². The van der Waals surface area contributed by atoms with Crippen LogP contribution in [0.4, 0.5) is 0 Å². The molecule has 0 radical (unpaired) electrons. The maximum atomic E-state index is 12.5. The summed E-state index contributed by atoms with van der Waals surface area (Å²) in [6.45, 7) is 0.596. The first-order valence-electron chi connectivity index (χ1n) is 7.22. The number of phenolic OH excluding ortho intramolecular Hbond substituents is 1. The first-order valence-corrected chi connectivity index (χ1v) is 8.66. The van der Waals surface area contributed by atoms with Gasteiger partial charge in [-0.3, -0.25) is 0 Å². The third kappa shape index (κ3) is 2.44. The Morgan fingerprint density at radius 3 is 2.70 bits per heavy atom. The first-order chi connectivity index (χ1) is 9.46. The van der Waals surface area contributed by atoms with Gasteiger partial charge >= 0.3 is 0 Å². The van der Waals surface area contributed by atoms with Gasteiger partial charge in [-0.2, -0.15) is 0 Å².